The molecule has 24 heavy (non-hydrogen) atoms. The number of hydrogen-bond acceptors (Lipinski definition) is 4. The van der Waals surface area contributed by atoms with Crippen molar-refractivity contribution in [2.45, 2.75) is 32.9 Å². The van der Waals surface area contributed by atoms with E-state index in [1.165, 1.54) is 5.56 Å². The molecule has 0 aliphatic rings. The highest BCUT2D eigenvalue weighted by Crippen LogP contribution is 2.24. The molecule has 0 fully saturated rings. The summed E-state index contributed by atoms with van der Waals surface area (Å²) in [4.78, 5) is 11.9. The van der Waals surface area contributed by atoms with Gasteiger partial charge in [-0.15, -0.1) is 0 Å². The molecule has 0 spiro atoms. The van der Waals surface area contributed by atoms with Gasteiger partial charge in [-0.1, -0.05) is 32.9 Å². The molecule has 1 aromatic heterocycles. The van der Waals surface area contributed by atoms with Crippen LogP contribution in [0.4, 0.5) is 0 Å². The van der Waals surface area contributed by atoms with Gasteiger partial charge in [0.2, 0.25) is 0 Å². The van der Waals surface area contributed by atoms with E-state index in [-0.39, 0.29) is 18.1 Å². The molecule has 1 N–H and O–H groups in total. The lowest BCUT2D eigenvalue weighted by atomic mass is 9.87. The van der Waals surface area contributed by atoms with E-state index in [1.54, 1.807) is 24.1 Å². The third kappa shape index (κ3) is 5.09. The molecule has 0 saturated heterocycles. The summed E-state index contributed by atoms with van der Waals surface area (Å²) in [5.41, 5.74) is 1.73. The minimum absolute atomic E-state index is 0.117. The number of nitrogens with one attached hydrogen (secondary N) is 1. The lowest BCUT2D eigenvalue weighted by molar-refractivity contribution is 0.0930. The highest BCUT2D eigenvalue weighted by Gasteiger charge is 2.13. The Morgan fingerprint density at radius 1 is 1.21 bits per heavy atom. The number of aromatic nitrogens is 2. The van der Waals surface area contributed by atoms with E-state index in [0.29, 0.717) is 18.8 Å². The van der Waals surface area contributed by atoms with E-state index >= 15 is 0 Å². The lowest BCUT2D eigenvalue weighted by Crippen LogP contribution is -2.27. The van der Waals surface area contributed by atoms with Crippen molar-refractivity contribution in [2.75, 3.05) is 20.3 Å². The monoisotopic (exact) mass is 331 g/mol. The minimum Gasteiger partial charge on any atom is -0.471 e. The van der Waals surface area contributed by atoms with E-state index < -0.39 is 0 Å². The van der Waals surface area contributed by atoms with Crippen LogP contribution < -0.4 is 10.1 Å². The molecule has 0 saturated carbocycles. The first-order valence-corrected chi connectivity index (χ1v) is 7.94. The van der Waals surface area contributed by atoms with Crippen LogP contribution >= 0.6 is 0 Å². The molecular weight excluding hydrogens is 306 g/mol. The smallest absolute Gasteiger partial charge is 0.271 e. The van der Waals surface area contributed by atoms with Gasteiger partial charge in [-0.3, -0.25) is 4.79 Å². The van der Waals surface area contributed by atoms with E-state index in [1.807, 2.05) is 12.1 Å². The molecule has 130 valence electrons. The lowest BCUT2D eigenvalue weighted by Gasteiger charge is -2.19. The zero-order chi connectivity index (χ0) is 17.6. The number of benzene rings is 1. The molecule has 0 aliphatic carbocycles. The van der Waals surface area contributed by atoms with Gasteiger partial charge < -0.3 is 14.8 Å². The standard InChI is InChI=1S/C18H25N3O3/c1-18(2,3)14-5-7-15(8-6-14)24-13-21-11-9-16(20-21)17(22)19-10-12-23-4/h5-9,11H,10,12-13H2,1-4H3,(H,19,22). The number of carbonyl (C=O) groups excluding carboxylic acids is 1. The first kappa shape index (κ1) is 18.0. The SMILES string of the molecule is COCCNC(=O)c1ccn(COc2ccc(C(C)(C)C)cc2)n1. The van der Waals surface area contributed by atoms with Crippen molar-refractivity contribution in [3.8, 4) is 5.75 Å². The number of hydrogen-bond donors (Lipinski definition) is 1. The van der Waals surface area contributed by atoms with Gasteiger partial charge in [0.15, 0.2) is 6.73 Å². The van der Waals surface area contributed by atoms with Crippen LogP contribution in [0.25, 0.3) is 0 Å². The Bertz CT molecular complexity index is 657. The Hall–Kier alpha value is -2.34. The van der Waals surface area contributed by atoms with Gasteiger partial charge in [-0.25, -0.2) is 4.68 Å². The topological polar surface area (TPSA) is 65.4 Å². The summed E-state index contributed by atoms with van der Waals surface area (Å²) in [7, 11) is 1.59. The molecule has 0 atom stereocenters. The van der Waals surface area contributed by atoms with Gasteiger partial charge in [0.25, 0.3) is 5.91 Å². The maximum atomic E-state index is 11.9. The van der Waals surface area contributed by atoms with Crippen molar-refractivity contribution >= 4 is 5.91 Å². The van der Waals surface area contributed by atoms with Gasteiger partial charge in [0.05, 0.1) is 6.61 Å². The van der Waals surface area contributed by atoms with Crippen molar-refractivity contribution in [1.29, 1.82) is 0 Å². The summed E-state index contributed by atoms with van der Waals surface area (Å²) >= 11 is 0. The molecule has 6 nitrogen and oxygen atoms in total. The fraction of sp³-hybridized carbons (Fsp3) is 0.444. The quantitative estimate of drug-likeness (QED) is 0.792. The van der Waals surface area contributed by atoms with E-state index in [9.17, 15) is 4.79 Å². The summed E-state index contributed by atoms with van der Waals surface area (Å²) in [5.74, 6) is 0.546. The Labute approximate surface area is 142 Å². The third-order valence-electron chi connectivity index (χ3n) is 3.55. The van der Waals surface area contributed by atoms with Crippen LogP contribution in [-0.4, -0.2) is 35.9 Å². The average Bonchev–Trinajstić information content (AvgIpc) is 3.02. The second-order valence-electron chi connectivity index (χ2n) is 6.54. The van der Waals surface area contributed by atoms with Gasteiger partial charge in [0.1, 0.15) is 11.4 Å². The Kier molecular flexibility index (Phi) is 5.98. The second kappa shape index (κ2) is 7.97. The zero-order valence-corrected chi connectivity index (χ0v) is 14.7. The van der Waals surface area contributed by atoms with Crippen LogP contribution in [0.1, 0.15) is 36.8 Å². The van der Waals surface area contributed by atoms with Gasteiger partial charge >= 0.3 is 0 Å². The molecule has 0 radical (unpaired) electrons. The highest BCUT2D eigenvalue weighted by atomic mass is 16.5. The molecule has 0 bridgehead atoms. The van der Waals surface area contributed by atoms with Crippen LogP contribution in [0.2, 0.25) is 0 Å². The second-order valence-corrected chi connectivity index (χ2v) is 6.54. The third-order valence-corrected chi connectivity index (χ3v) is 3.55. The van der Waals surface area contributed by atoms with Crippen molar-refractivity contribution in [1.82, 2.24) is 15.1 Å². The molecule has 1 aromatic carbocycles. The van der Waals surface area contributed by atoms with Gasteiger partial charge in [-0.2, -0.15) is 5.10 Å². The summed E-state index contributed by atoms with van der Waals surface area (Å²) in [6.07, 6.45) is 1.72. The highest BCUT2D eigenvalue weighted by molar-refractivity contribution is 5.92. The Morgan fingerprint density at radius 2 is 1.92 bits per heavy atom. The fourth-order valence-corrected chi connectivity index (χ4v) is 2.10. The number of ether oxygens (including phenoxy) is 2. The normalized spacial score (nSPS) is 11.3. The van der Waals surface area contributed by atoms with Crippen LogP contribution in [-0.2, 0) is 16.9 Å². The van der Waals surface area contributed by atoms with Gasteiger partial charge in [-0.05, 0) is 29.2 Å². The summed E-state index contributed by atoms with van der Waals surface area (Å²) in [5, 5.41) is 6.93. The number of carbonyl (C=O) groups is 1. The maximum absolute atomic E-state index is 11.9. The average molecular weight is 331 g/mol. The molecule has 2 rings (SSSR count). The minimum atomic E-state index is -0.222. The maximum Gasteiger partial charge on any atom is 0.271 e. The van der Waals surface area contributed by atoms with E-state index in [2.05, 4.69) is 43.3 Å². The molecule has 0 aliphatic heterocycles. The summed E-state index contributed by atoms with van der Waals surface area (Å²) in [6.45, 7) is 7.70. The number of nitrogens with zero attached hydrogens (tertiary/aromatic N) is 2. The molecule has 1 amide bonds. The summed E-state index contributed by atoms with van der Waals surface area (Å²) in [6, 6.07) is 9.68. The van der Waals surface area contributed by atoms with E-state index in [4.69, 9.17) is 9.47 Å². The zero-order valence-electron chi connectivity index (χ0n) is 14.7. The first-order valence-electron chi connectivity index (χ1n) is 7.94. The van der Waals surface area contributed by atoms with Crippen molar-refractivity contribution < 1.29 is 14.3 Å². The molecular formula is C18H25N3O3. The van der Waals surface area contributed by atoms with Crippen LogP contribution in [0.5, 0.6) is 5.75 Å². The van der Waals surface area contributed by atoms with Crippen LogP contribution in [0.3, 0.4) is 0 Å². The largest absolute Gasteiger partial charge is 0.471 e. The Balaban J connectivity index is 1.87. The van der Waals surface area contributed by atoms with Crippen LogP contribution in [0, 0.1) is 0 Å². The van der Waals surface area contributed by atoms with Crippen molar-refractivity contribution in [2.24, 2.45) is 0 Å². The molecule has 2 aromatic rings. The predicted molar refractivity (Wildman–Crippen MR) is 92.2 cm³/mol. The number of rotatable bonds is 7. The number of amides is 1. The fourth-order valence-electron chi connectivity index (χ4n) is 2.10. The number of methoxy groups -OCH3 is 1. The molecule has 0 unspecified atom stereocenters. The molecule has 1 heterocycles. The first-order chi connectivity index (χ1) is 11.4. The van der Waals surface area contributed by atoms with Crippen molar-refractivity contribution in [3.05, 3.63) is 47.8 Å². The van der Waals surface area contributed by atoms with Crippen LogP contribution in [0.15, 0.2) is 36.5 Å². The summed E-state index contributed by atoms with van der Waals surface area (Å²) < 4.78 is 12.2. The Morgan fingerprint density at radius 3 is 2.54 bits per heavy atom. The predicted octanol–water partition coefficient (Wildman–Crippen LogP) is 2.59. The van der Waals surface area contributed by atoms with Crippen molar-refractivity contribution in [3.63, 3.8) is 0 Å². The van der Waals surface area contributed by atoms with Gasteiger partial charge in [0, 0.05) is 19.9 Å². The molecule has 6 heteroatoms. The van der Waals surface area contributed by atoms with E-state index in [0.717, 1.165) is 5.75 Å².